The molecule has 0 amide bonds. The number of anilines is 3. The third kappa shape index (κ3) is 3.96. The Kier molecular flexibility index (Phi) is 5.07. The highest BCUT2D eigenvalue weighted by Gasteiger charge is 2.21. The second kappa shape index (κ2) is 7.80. The first-order chi connectivity index (χ1) is 13.2. The maximum Gasteiger partial charge on any atom is 0.227 e. The molecule has 1 aromatic carbocycles. The van der Waals surface area contributed by atoms with E-state index in [-0.39, 0.29) is 0 Å². The van der Waals surface area contributed by atoms with E-state index in [1.54, 1.807) is 0 Å². The highest BCUT2D eigenvalue weighted by atomic mass is 16.5. The van der Waals surface area contributed by atoms with E-state index in [2.05, 4.69) is 37.9 Å². The van der Waals surface area contributed by atoms with Crippen LogP contribution in [0.4, 0.5) is 17.5 Å². The molecule has 0 aliphatic carbocycles. The second-order valence-corrected chi connectivity index (χ2v) is 6.90. The summed E-state index contributed by atoms with van der Waals surface area (Å²) >= 11 is 0. The van der Waals surface area contributed by atoms with Crippen LogP contribution in [0.3, 0.4) is 0 Å². The molecule has 7 heteroatoms. The molecule has 2 aromatic rings. The number of hydrogen-bond acceptors (Lipinski definition) is 7. The van der Waals surface area contributed by atoms with Crippen molar-refractivity contribution in [2.45, 2.75) is 6.92 Å². The zero-order valence-electron chi connectivity index (χ0n) is 15.6. The van der Waals surface area contributed by atoms with E-state index in [9.17, 15) is 0 Å². The van der Waals surface area contributed by atoms with E-state index >= 15 is 0 Å². The molecule has 2 aliphatic rings. The fraction of sp³-hybridized carbons (Fsp3) is 0.450. The van der Waals surface area contributed by atoms with Gasteiger partial charge in [0.25, 0.3) is 0 Å². The minimum Gasteiger partial charge on any atom is -0.378 e. The van der Waals surface area contributed by atoms with E-state index in [4.69, 9.17) is 15.0 Å². The molecule has 4 rings (SSSR count). The summed E-state index contributed by atoms with van der Waals surface area (Å²) in [7, 11) is 0. The molecule has 0 unspecified atom stereocenters. The molecule has 0 saturated carbocycles. The summed E-state index contributed by atoms with van der Waals surface area (Å²) in [6.07, 6.45) is 0. The number of benzene rings is 1. The van der Waals surface area contributed by atoms with Gasteiger partial charge in [-0.05, 0) is 25.1 Å². The SMILES string of the molecule is Cc1cc(N2CCN(c3cccc(C#N)c3)CC2)nc(N2CCOCC2)n1. The van der Waals surface area contributed by atoms with Crippen molar-refractivity contribution >= 4 is 17.5 Å². The van der Waals surface area contributed by atoms with Gasteiger partial charge in [-0.3, -0.25) is 0 Å². The normalized spacial score (nSPS) is 17.7. The number of nitriles is 1. The van der Waals surface area contributed by atoms with Crippen molar-refractivity contribution in [2.24, 2.45) is 0 Å². The average molecular weight is 364 g/mol. The van der Waals surface area contributed by atoms with Crippen LogP contribution < -0.4 is 14.7 Å². The fourth-order valence-electron chi connectivity index (χ4n) is 3.57. The molecule has 0 spiro atoms. The first kappa shape index (κ1) is 17.6. The molecule has 1 aromatic heterocycles. The van der Waals surface area contributed by atoms with E-state index in [0.29, 0.717) is 5.56 Å². The Labute approximate surface area is 159 Å². The van der Waals surface area contributed by atoms with Crippen LogP contribution in [0.15, 0.2) is 30.3 Å². The van der Waals surface area contributed by atoms with Gasteiger partial charge in [-0.25, -0.2) is 4.98 Å². The minimum atomic E-state index is 0.705. The zero-order chi connectivity index (χ0) is 18.6. The van der Waals surface area contributed by atoms with Gasteiger partial charge < -0.3 is 19.4 Å². The lowest BCUT2D eigenvalue weighted by Crippen LogP contribution is -2.47. The largest absolute Gasteiger partial charge is 0.378 e. The quantitative estimate of drug-likeness (QED) is 0.823. The predicted octanol–water partition coefficient (Wildman–Crippen LogP) is 1.82. The molecule has 3 heterocycles. The number of aromatic nitrogens is 2. The Morgan fingerprint density at radius 1 is 0.926 bits per heavy atom. The van der Waals surface area contributed by atoms with Crippen molar-refractivity contribution in [1.29, 1.82) is 5.26 Å². The summed E-state index contributed by atoms with van der Waals surface area (Å²) in [4.78, 5) is 16.3. The van der Waals surface area contributed by atoms with E-state index < -0.39 is 0 Å². The Balaban J connectivity index is 1.46. The van der Waals surface area contributed by atoms with Gasteiger partial charge in [0.15, 0.2) is 0 Å². The van der Waals surface area contributed by atoms with E-state index in [1.807, 2.05) is 25.1 Å². The molecule has 0 radical (unpaired) electrons. The predicted molar refractivity (Wildman–Crippen MR) is 105 cm³/mol. The lowest BCUT2D eigenvalue weighted by molar-refractivity contribution is 0.122. The number of morpholine rings is 1. The number of piperazine rings is 1. The van der Waals surface area contributed by atoms with Crippen LogP contribution >= 0.6 is 0 Å². The third-order valence-corrected chi connectivity index (χ3v) is 5.07. The molecular weight excluding hydrogens is 340 g/mol. The van der Waals surface area contributed by atoms with Crippen molar-refractivity contribution in [3.63, 3.8) is 0 Å². The van der Waals surface area contributed by atoms with Gasteiger partial charge in [0.2, 0.25) is 5.95 Å². The molecule has 140 valence electrons. The average Bonchev–Trinajstić information content (AvgIpc) is 2.74. The van der Waals surface area contributed by atoms with E-state index in [1.165, 1.54) is 0 Å². The standard InChI is InChI=1S/C20H24N6O/c1-16-13-19(23-20(22-16)26-9-11-27-12-10-26)25-7-5-24(6-8-25)18-4-2-3-17(14-18)15-21/h2-4,13-14H,5-12H2,1H3. The number of nitrogens with zero attached hydrogens (tertiary/aromatic N) is 6. The molecule has 27 heavy (non-hydrogen) atoms. The topological polar surface area (TPSA) is 68.5 Å². The molecular formula is C20H24N6O. The smallest absolute Gasteiger partial charge is 0.227 e. The maximum atomic E-state index is 9.11. The number of hydrogen-bond donors (Lipinski definition) is 0. The van der Waals surface area contributed by atoms with Gasteiger partial charge in [0, 0.05) is 56.7 Å². The van der Waals surface area contributed by atoms with E-state index in [0.717, 1.165) is 75.6 Å². The lowest BCUT2D eigenvalue weighted by atomic mass is 10.2. The van der Waals surface area contributed by atoms with Crippen LogP contribution in [0.5, 0.6) is 0 Å². The first-order valence-corrected chi connectivity index (χ1v) is 9.41. The van der Waals surface area contributed by atoms with Gasteiger partial charge in [0.05, 0.1) is 24.8 Å². The van der Waals surface area contributed by atoms with Crippen molar-refractivity contribution in [3.05, 3.63) is 41.6 Å². The van der Waals surface area contributed by atoms with Gasteiger partial charge in [0.1, 0.15) is 5.82 Å². The van der Waals surface area contributed by atoms with Crippen molar-refractivity contribution in [3.8, 4) is 6.07 Å². The highest BCUT2D eigenvalue weighted by Crippen LogP contribution is 2.22. The fourth-order valence-corrected chi connectivity index (χ4v) is 3.57. The Bertz CT molecular complexity index is 835. The van der Waals surface area contributed by atoms with Crippen LogP contribution in [0.25, 0.3) is 0 Å². The summed E-state index contributed by atoms with van der Waals surface area (Å²) in [5.41, 5.74) is 2.81. The highest BCUT2D eigenvalue weighted by molar-refractivity contribution is 5.54. The van der Waals surface area contributed by atoms with Crippen molar-refractivity contribution < 1.29 is 4.74 Å². The number of aryl methyl sites for hydroxylation is 1. The van der Waals surface area contributed by atoms with Crippen LogP contribution in [-0.4, -0.2) is 62.5 Å². The molecule has 2 saturated heterocycles. The Morgan fingerprint density at radius 3 is 2.41 bits per heavy atom. The summed E-state index contributed by atoms with van der Waals surface area (Å²) in [6.45, 7) is 8.78. The van der Waals surface area contributed by atoms with Gasteiger partial charge in [-0.2, -0.15) is 10.2 Å². The van der Waals surface area contributed by atoms with Gasteiger partial charge in [-0.15, -0.1) is 0 Å². The minimum absolute atomic E-state index is 0.705. The monoisotopic (exact) mass is 364 g/mol. The zero-order valence-corrected chi connectivity index (χ0v) is 15.6. The Hall–Kier alpha value is -2.85. The second-order valence-electron chi connectivity index (χ2n) is 6.90. The van der Waals surface area contributed by atoms with Crippen LogP contribution in [0, 0.1) is 18.3 Å². The maximum absolute atomic E-state index is 9.11. The first-order valence-electron chi connectivity index (χ1n) is 9.41. The third-order valence-electron chi connectivity index (χ3n) is 5.07. The number of ether oxygens (including phenoxy) is 1. The summed E-state index contributed by atoms with van der Waals surface area (Å²) in [5, 5.41) is 9.11. The van der Waals surface area contributed by atoms with Crippen LogP contribution in [-0.2, 0) is 4.74 Å². The molecule has 7 nitrogen and oxygen atoms in total. The van der Waals surface area contributed by atoms with Crippen molar-refractivity contribution in [2.75, 3.05) is 67.2 Å². The molecule has 0 bridgehead atoms. The van der Waals surface area contributed by atoms with Gasteiger partial charge >= 0.3 is 0 Å². The summed E-state index contributed by atoms with van der Waals surface area (Å²) in [5.74, 6) is 1.80. The summed E-state index contributed by atoms with van der Waals surface area (Å²) in [6, 6.07) is 12.1. The van der Waals surface area contributed by atoms with Crippen molar-refractivity contribution in [1.82, 2.24) is 9.97 Å². The Morgan fingerprint density at radius 2 is 1.67 bits per heavy atom. The molecule has 0 atom stereocenters. The van der Waals surface area contributed by atoms with Gasteiger partial charge in [-0.1, -0.05) is 6.07 Å². The van der Waals surface area contributed by atoms with Crippen LogP contribution in [0.1, 0.15) is 11.3 Å². The van der Waals surface area contributed by atoms with Crippen LogP contribution in [0.2, 0.25) is 0 Å². The molecule has 2 fully saturated rings. The summed E-state index contributed by atoms with van der Waals surface area (Å²) < 4.78 is 5.44. The lowest BCUT2D eigenvalue weighted by Gasteiger charge is -2.37. The molecule has 0 N–H and O–H groups in total. The number of rotatable bonds is 3. The molecule has 2 aliphatic heterocycles.